The lowest BCUT2D eigenvalue weighted by Crippen LogP contribution is -2.42. The number of rotatable bonds is 1. The van der Waals surface area contributed by atoms with Gasteiger partial charge in [-0.1, -0.05) is 6.07 Å². The first kappa shape index (κ1) is 13.2. The van der Waals surface area contributed by atoms with Crippen LogP contribution in [-0.2, 0) is 6.42 Å². The van der Waals surface area contributed by atoms with Crippen LogP contribution in [0, 0.1) is 0 Å². The second-order valence-electron chi connectivity index (χ2n) is 5.44. The van der Waals surface area contributed by atoms with Crippen molar-refractivity contribution < 1.29 is 18.4 Å². The van der Waals surface area contributed by atoms with Gasteiger partial charge in [-0.25, -0.2) is 8.78 Å². The summed E-state index contributed by atoms with van der Waals surface area (Å²) in [5, 5.41) is 0. The van der Waals surface area contributed by atoms with E-state index in [1.807, 2.05) is 0 Å². The third kappa shape index (κ3) is 2.32. The Bertz CT molecular complexity index is 573. The zero-order valence-electron chi connectivity index (χ0n) is 11.0. The Morgan fingerprint density at radius 3 is 2.55 bits per heavy atom. The molecular weight excluding hydrogens is 264 g/mol. The zero-order valence-corrected chi connectivity index (χ0v) is 11.0. The van der Waals surface area contributed by atoms with E-state index in [-0.39, 0.29) is 37.6 Å². The molecule has 0 saturated carbocycles. The Kier molecular flexibility index (Phi) is 3.07. The maximum absolute atomic E-state index is 13.1. The second-order valence-corrected chi connectivity index (χ2v) is 5.44. The molecule has 0 radical (unpaired) electrons. The van der Waals surface area contributed by atoms with Crippen LogP contribution in [0.25, 0.3) is 0 Å². The second kappa shape index (κ2) is 4.65. The van der Waals surface area contributed by atoms with Crippen LogP contribution in [0.1, 0.15) is 45.5 Å². The molecule has 1 saturated heterocycles. The van der Waals surface area contributed by atoms with Crippen LogP contribution >= 0.6 is 0 Å². The normalized spacial score (nSPS) is 20.9. The van der Waals surface area contributed by atoms with Gasteiger partial charge in [-0.3, -0.25) is 9.59 Å². The fourth-order valence-corrected chi connectivity index (χ4v) is 2.81. The summed E-state index contributed by atoms with van der Waals surface area (Å²) >= 11 is 0. The molecule has 3 rings (SSSR count). The minimum absolute atomic E-state index is 0.0852. The molecule has 0 aromatic heterocycles. The van der Waals surface area contributed by atoms with E-state index in [0.29, 0.717) is 24.0 Å². The number of nitrogens with zero attached hydrogens (tertiary/aromatic N) is 1. The highest BCUT2D eigenvalue weighted by atomic mass is 19.3. The first-order chi connectivity index (χ1) is 9.46. The van der Waals surface area contributed by atoms with E-state index in [0.717, 1.165) is 5.56 Å². The molecule has 0 atom stereocenters. The lowest BCUT2D eigenvalue weighted by Gasteiger charge is -2.31. The Labute approximate surface area is 115 Å². The molecule has 1 amide bonds. The molecule has 1 aliphatic carbocycles. The van der Waals surface area contributed by atoms with Gasteiger partial charge in [-0.2, -0.15) is 0 Å². The van der Waals surface area contributed by atoms with Crippen LogP contribution in [0.3, 0.4) is 0 Å². The molecule has 1 fully saturated rings. The maximum atomic E-state index is 13.1. The van der Waals surface area contributed by atoms with Crippen molar-refractivity contribution in [1.82, 2.24) is 4.90 Å². The van der Waals surface area contributed by atoms with Gasteiger partial charge >= 0.3 is 0 Å². The molecular formula is C15H15F2NO2. The van der Waals surface area contributed by atoms with Crippen molar-refractivity contribution in [2.45, 2.75) is 31.6 Å². The van der Waals surface area contributed by atoms with Crippen molar-refractivity contribution in [3.05, 3.63) is 34.9 Å². The molecule has 2 aliphatic rings. The van der Waals surface area contributed by atoms with Gasteiger partial charge < -0.3 is 4.90 Å². The minimum atomic E-state index is -2.65. The first-order valence-electron chi connectivity index (χ1n) is 6.79. The topological polar surface area (TPSA) is 37.4 Å². The van der Waals surface area contributed by atoms with Crippen LogP contribution in [-0.4, -0.2) is 35.6 Å². The van der Waals surface area contributed by atoms with E-state index in [1.165, 1.54) is 4.90 Å². The van der Waals surface area contributed by atoms with E-state index < -0.39 is 5.92 Å². The van der Waals surface area contributed by atoms with Gasteiger partial charge in [0.15, 0.2) is 5.78 Å². The minimum Gasteiger partial charge on any atom is -0.338 e. The highest BCUT2D eigenvalue weighted by molar-refractivity contribution is 6.02. The van der Waals surface area contributed by atoms with Crippen LogP contribution in [0.2, 0.25) is 0 Å². The Balaban J connectivity index is 1.77. The Morgan fingerprint density at radius 1 is 1.15 bits per heavy atom. The summed E-state index contributed by atoms with van der Waals surface area (Å²) in [7, 11) is 0. The van der Waals surface area contributed by atoms with Gasteiger partial charge in [0.2, 0.25) is 0 Å². The molecule has 5 heteroatoms. The summed E-state index contributed by atoms with van der Waals surface area (Å²) in [5.74, 6) is -2.76. The quantitative estimate of drug-likeness (QED) is 0.792. The van der Waals surface area contributed by atoms with Gasteiger partial charge in [-0.15, -0.1) is 0 Å². The number of carbonyl (C=O) groups excluding carboxylic acids is 2. The van der Waals surface area contributed by atoms with Crippen LogP contribution in [0.5, 0.6) is 0 Å². The van der Waals surface area contributed by atoms with Crippen molar-refractivity contribution in [3.8, 4) is 0 Å². The molecule has 0 spiro atoms. The molecule has 0 unspecified atom stereocenters. The van der Waals surface area contributed by atoms with E-state index >= 15 is 0 Å². The number of fused-ring (bicyclic) bond motifs is 1. The number of likely N-dealkylation sites (tertiary alicyclic amines) is 1. The van der Waals surface area contributed by atoms with Gasteiger partial charge in [0.25, 0.3) is 11.8 Å². The summed E-state index contributed by atoms with van der Waals surface area (Å²) in [6.45, 7) is 0.170. The maximum Gasteiger partial charge on any atom is 0.253 e. The SMILES string of the molecule is O=C1CCc2cc(C(=O)N3CCC(F)(F)CC3)ccc21. The number of ketones is 1. The smallest absolute Gasteiger partial charge is 0.253 e. The number of hydrogen-bond acceptors (Lipinski definition) is 2. The van der Waals surface area contributed by atoms with E-state index in [4.69, 9.17) is 0 Å². The summed E-state index contributed by atoms with van der Waals surface area (Å²) in [6, 6.07) is 5.03. The number of hydrogen-bond donors (Lipinski definition) is 0. The molecule has 3 nitrogen and oxygen atoms in total. The standard InChI is InChI=1S/C15H15F2NO2/c16-15(17)5-7-18(8-6-15)14(20)11-1-3-12-10(9-11)2-4-13(12)19/h1,3,9H,2,4-8H2. The Morgan fingerprint density at radius 2 is 1.85 bits per heavy atom. The fraction of sp³-hybridized carbons (Fsp3) is 0.467. The molecule has 1 heterocycles. The first-order valence-corrected chi connectivity index (χ1v) is 6.79. The summed E-state index contributed by atoms with van der Waals surface area (Å²) in [5.41, 5.74) is 2.07. The number of halogens is 2. The molecule has 20 heavy (non-hydrogen) atoms. The van der Waals surface area contributed by atoms with E-state index in [9.17, 15) is 18.4 Å². The number of Topliss-reactive ketones (excluding diaryl/α,β-unsaturated/α-hetero) is 1. The predicted molar refractivity (Wildman–Crippen MR) is 69.2 cm³/mol. The lowest BCUT2D eigenvalue weighted by atomic mass is 10.0. The van der Waals surface area contributed by atoms with Crippen LogP contribution in [0.15, 0.2) is 18.2 Å². The molecule has 1 aromatic carbocycles. The van der Waals surface area contributed by atoms with Crippen molar-refractivity contribution >= 4 is 11.7 Å². The van der Waals surface area contributed by atoms with Gasteiger partial charge in [0.05, 0.1) is 0 Å². The van der Waals surface area contributed by atoms with Gasteiger partial charge in [0.1, 0.15) is 0 Å². The fourth-order valence-electron chi connectivity index (χ4n) is 2.81. The number of piperidine rings is 1. The molecule has 106 valence electrons. The third-order valence-corrected chi connectivity index (χ3v) is 4.06. The largest absolute Gasteiger partial charge is 0.338 e. The predicted octanol–water partition coefficient (Wildman–Crippen LogP) is 2.69. The van der Waals surface area contributed by atoms with E-state index in [1.54, 1.807) is 18.2 Å². The summed E-state index contributed by atoms with van der Waals surface area (Å²) in [6.07, 6.45) is 0.598. The average molecular weight is 279 g/mol. The highest BCUT2D eigenvalue weighted by Gasteiger charge is 2.36. The summed E-state index contributed by atoms with van der Waals surface area (Å²) < 4.78 is 26.2. The molecule has 0 N–H and O–H groups in total. The molecule has 0 bridgehead atoms. The number of alkyl halides is 2. The van der Waals surface area contributed by atoms with Gasteiger partial charge in [-0.05, 0) is 24.1 Å². The number of carbonyl (C=O) groups is 2. The number of amides is 1. The van der Waals surface area contributed by atoms with Crippen molar-refractivity contribution in [2.75, 3.05) is 13.1 Å². The van der Waals surface area contributed by atoms with Crippen molar-refractivity contribution in [1.29, 1.82) is 0 Å². The van der Waals surface area contributed by atoms with Crippen LogP contribution in [0.4, 0.5) is 8.78 Å². The van der Waals surface area contributed by atoms with Crippen LogP contribution < -0.4 is 0 Å². The molecule has 1 aliphatic heterocycles. The van der Waals surface area contributed by atoms with E-state index in [2.05, 4.69) is 0 Å². The number of aryl methyl sites for hydroxylation is 1. The summed E-state index contributed by atoms with van der Waals surface area (Å²) in [4.78, 5) is 25.3. The highest BCUT2D eigenvalue weighted by Crippen LogP contribution is 2.29. The lowest BCUT2D eigenvalue weighted by molar-refractivity contribution is -0.0494. The van der Waals surface area contributed by atoms with Crippen molar-refractivity contribution in [2.24, 2.45) is 0 Å². The molecule has 1 aromatic rings. The monoisotopic (exact) mass is 279 g/mol. The average Bonchev–Trinajstić information content (AvgIpc) is 2.79. The zero-order chi connectivity index (χ0) is 14.3. The van der Waals surface area contributed by atoms with Crippen molar-refractivity contribution in [3.63, 3.8) is 0 Å². The van der Waals surface area contributed by atoms with Gasteiger partial charge in [0, 0.05) is 43.5 Å². The third-order valence-electron chi connectivity index (χ3n) is 4.06. The Hall–Kier alpha value is -1.78. The number of benzene rings is 1.